The molecule has 0 amide bonds. The van der Waals surface area contributed by atoms with Crippen LogP contribution in [0.3, 0.4) is 0 Å². The standard InChI is InChI=1S/C12H12F2O3/c1-7-4-9(6-15)5-8(2)10(7)12(13,14)11(16)17-3/h4-6H,1-3H3. The molecule has 0 bridgehead atoms. The van der Waals surface area contributed by atoms with Gasteiger partial charge in [-0.2, -0.15) is 8.78 Å². The summed E-state index contributed by atoms with van der Waals surface area (Å²) in [6, 6.07) is 2.62. The van der Waals surface area contributed by atoms with Gasteiger partial charge >= 0.3 is 11.9 Å². The van der Waals surface area contributed by atoms with Gasteiger partial charge in [0.2, 0.25) is 0 Å². The average molecular weight is 242 g/mol. The summed E-state index contributed by atoms with van der Waals surface area (Å²) >= 11 is 0. The summed E-state index contributed by atoms with van der Waals surface area (Å²) in [5, 5.41) is 0. The lowest BCUT2D eigenvalue weighted by molar-refractivity contribution is -0.170. The van der Waals surface area contributed by atoms with Crippen LogP contribution in [0.1, 0.15) is 27.0 Å². The fourth-order valence-electron chi connectivity index (χ4n) is 1.79. The highest BCUT2D eigenvalue weighted by Crippen LogP contribution is 2.34. The summed E-state index contributed by atoms with van der Waals surface area (Å²) in [6.45, 7) is 2.85. The van der Waals surface area contributed by atoms with Crippen LogP contribution in [0.5, 0.6) is 0 Å². The monoisotopic (exact) mass is 242 g/mol. The van der Waals surface area contributed by atoms with Crippen molar-refractivity contribution >= 4 is 12.3 Å². The van der Waals surface area contributed by atoms with E-state index >= 15 is 0 Å². The molecule has 17 heavy (non-hydrogen) atoms. The van der Waals surface area contributed by atoms with Crippen molar-refractivity contribution in [3.8, 4) is 0 Å². The normalized spacial score (nSPS) is 11.1. The predicted molar refractivity (Wildman–Crippen MR) is 57.2 cm³/mol. The summed E-state index contributed by atoms with van der Waals surface area (Å²) in [5.74, 6) is -5.31. The molecule has 0 radical (unpaired) electrons. The van der Waals surface area contributed by atoms with Crippen molar-refractivity contribution in [3.05, 3.63) is 34.4 Å². The van der Waals surface area contributed by atoms with E-state index in [2.05, 4.69) is 4.74 Å². The number of carbonyl (C=O) groups excluding carboxylic acids is 2. The van der Waals surface area contributed by atoms with Gasteiger partial charge in [-0.15, -0.1) is 0 Å². The predicted octanol–water partition coefficient (Wildman–Crippen LogP) is 2.38. The Morgan fingerprint density at radius 3 is 2.12 bits per heavy atom. The van der Waals surface area contributed by atoms with Crippen molar-refractivity contribution < 1.29 is 23.1 Å². The number of ether oxygens (including phenoxy) is 1. The number of esters is 1. The third kappa shape index (κ3) is 2.33. The quantitative estimate of drug-likeness (QED) is 0.603. The number of halogens is 2. The van der Waals surface area contributed by atoms with E-state index in [1.807, 2.05) is 0 Å². The van der Waals surface area contributed by atoms with Gasteiger partial charge in [0.05, 0.1) is 7.11 Å². The first-order valence-corrected chi connectivity index (χ1v) is 4.87. The first-order valence-electron chi connectivity index (χ1n) is 4.87. The van der Waals surface area contributed by atoms with Crippen molar-refractivity contribution in [2.45, 2.75) is 19.8 Å². The molecule has 3 nitrogen and oxygen atoms in total. The number of benzene rings is 1. The van der Waals surface area contributed by atoms with E-state index in [-0.39, 0.29) is 11.1 Å². The van der Waals surface area contributed by atoms with Gasteiger partial charge in [0, 0.05) is 11.1 Å². The number of alkyl halides is 2. The van der Waals surface area contributed by atoms with E-state index in [4.69, 9.17) is 0 Å². The lowest BCUT2D eigenvalue weighted by Crippen LogP contribution is -2.29. The second-order valence-electron chi connectivity index (χ2n) is 3.71. The van der Waals surface area contributed by atoms with E-state index in [9.17, 15) is 18.4 Å². The Hall–Kier alpha value is -1.78. The maximum absolute atomic E-state index is 13.7. The van der Waals surface area contributed by atoms with Gasteiger partial charge in [-0.1, -0.05) is 0 Å². The van der Waals surface area contributed by atoms with E-state index in [0.717, 1.165) is 7.11 Å². The maximum Gasteiger partial charge on any atom is 0.381 e. The fourth-order valence-corrected chi connectivity index (χ4v) is 1.79. The zero-order valence-electron chi connectivity index (χ0n) is 9.71. The molecule has 0 saturated heterocycles. The molecule has 0 atom stereocenters. The minimum absolute atomic E-state index is 0.183. The first kappa shape index (κ1) is 13.3. The smallest absolute Gasteiger partial charge is 0.381 e. The molecule has 0 spiro atoms. The molecule has 0 aliphatic heterocycles. The Balaban J connectivity index is 3.41. The molecule has 0 fully saturated rings. The zero-order chi connectivity index (χ0) is 13.2. The van der Waals surface area contributed by atoms with Gasteiger partial charge in [-0.05, 0) is 37.1 Å². The molecule has 1 aromatic carbocycles. The van der Waals surface area contributed by atoms with Crippen molar-refractivity contribution in [1.82, 2.24) is 0 Å². The van der Waals surface area contributed by atoms with Crippen molar-refractivity contribution in [2.24, 2.45) is 0 Å². The molecule has 0 unspecified atom stereocenters. The average Bonchev–Trinajstić information content (AvgIpc) is 2.26. The lowest BCUT2D eigenvalue weighted by atomic mass is 9.95. The number of rotatable bonds is 3. The van der Waals surface area contributed by atoms with Gasteiger partial charge in [-0.25, -0.2) is 4.79 Å². The van der Waals surface area contributed by atoms with Crippen LogP contribution in [0, 0.1) is 13.8 Å². The van der Waals surface area contributed by atoms with Gasteiger partial charge in [0.1, 0.15) is 6.29 Å². The molecule has 0 aliphatic carbocycles. The van der Waals surface area contributed by atoms with Crippen LogP contribution in [0.15, 0.2) is 12.1 Å². The second-order valence-corrected chi connectivity index (χ2v) is 3.71. The third-order valence-electron chi connectivity index (χ3n) is 2.45. The Bertz CT molecular complexity index is 444. The maximum atomic E-state index is 13.7. The highest BCUT2D eigenvalue weighted by Gasteiger charge is 2.44. The fraction of sp³-hybridized carbons (Fsp3) is 0.333. The van der Waals surface area contributed by atoms with Crippen LogP contribution < -0.4 is 0 Å². The second kappa shape index (κ2) is 4.61. The Morgan fingerprint density at radius 2 is 1.76 bits per heavy atom. The van der Waals surface area contributed by atoms with Crippen LogP contribution in [0.2, 0.25) is 0 Å². The summed E-state index contributed by atoms with van der Waals surface area (Å²) < 4.78 is 31.6. The van der Waals surface area contributed by atoms with Crippen LogP contribution in [0.4, 0.5) is 8.78 Å². The summed E-state index contributed by atoms with van der Waals surface area (Å²) in [5.41, 5.74) is 0.254. The van der Waals surface area contributed by atoms with Crippen molar-refractivity contribution in [2.75, 3.05) is 7.11 Å². The highest BCUT2D eigenvalue weighted by atomic mass is 19.3. The molecule has 92 valence electrons. The van der Waals surface area contributed by atoms with Crippen molar-refractivity contribution in [3.63, 3.8) is 0 Å². The zero-order valence-corrected chi connectivity index (χ0v) is 9.71. The number of aryl methyl sites for hydroxylation is 2. The van der Waals surface area contributed by atoms with E-state index < -0.39 is 17.5 Å². The Kier molecular flexibility index (Phi) is 3.60. The Labute approximate surface area is 97.4 Å². The van der Waals surface area contributed by atoms with Crippen LogP contribution >= 0.6 is 0 Å². The SMILES string of the molecule is COC(=O)C(F)(F)c1c(C)cc(C=O)cc1C. The molecule has 0 aliphatic rings. The third-order valence-corrected chi connectivity index (χ3v) is 2.45. The summed E-state index contributed by atoms with van der Waals surface area (Å²) in [4.78, 5) is 21.6. The van der Waals surface area contributed by atoms with Gasteiger partial charge in [0.25, 0.3) is 0 Å². The molecule has 0 aromatic heterocycles. The van der Waals surface area contributed by atoms with E-state index in [1.165, 1.54) is 26.0 Å². The van der Waals surface area contributed by atoms with Crippen molar-refractivity contribution in [1.29, 1.82) is 0 Å². The van der Waals surface area contributed by atoms with E-state index in [0.29, 0.717) is 11.8 Å². The first-order chi connectivity index (χ1) is 7.84. The van der Waals surface area contributed by atoms with Gasteiger partial charge in [0.15, 0.2) is 0 Å². The number of aldehydes is 1. The molecular formula is C12H12F2O3. The van der Waals surface area contributed by atoms with E-state index in [1.54, 1.807) is 0 Å². The van der Waals surface area contributed by atoms with Gasteiger partial charge in [-0.3, -0.25) is 4.79 Å². The lowest BCUT2D eigenvalue weighted by Gasteiger charge is -2.19. The van der Waals surface area contributed by atoms with Crippen LogP contribution in [-0.2, 0) is 15.5 Å². The molecule has 1 rings (SSSR count). The number of hydrogen-bond donors (Lipinski definition) is 0. The minimum atomic E-state index is -3.70. The molecule has 5 heteroatoms. The molecule has 0 N–H and O–H groups in total. The summed E-state index contributed by atoms with van der Waals surface area (Å²) in [7, 11) is 0.903. The highest BCUT2D eigenvalue weighted by molar-refractivity contribution is 5.82. The van der Waals surface area contributed by atoms with Gasteiger partial charge < -0.3 is 4.74 Å². The summed E-state index contributed by atoms with van der Waals surface area (Å²) in [6.07, 6.45) is 0.570. The molecular weight excluding hydrogens is 230 g/mol. The largest absolute Gasteiger partial charge is 0.464 e. The Morgan fingerprint density at radius 1 is 1.29 bits per heavy atom. The number of hydrogen-bond acceptors (Lipinski definition) is 3. The molecule has 0 saturated carbocycles. The molecule has 0 heterocycles. The van der Waals surface area contributed by atoms with Crippen LogP contribution in [-0.4, -0.2) is 19.4 Å². The number of methoxy groups -OCH3 is 1. The van der Waals surface area contributed by atoms with Crippen LogP contribution in [0.25, 0.3) is 0 Å². The number of carbonyl (C=O) groups is 2. The topological polar surface area (TPSA) is 43.4 Å². The minimum Gasteiger partial charge on any atom is -0.464 e. The molecule has 1 aromatic rings.